The van der Waals surface area contributed by atoms with E-state index in [1.807, 2.05) is 0 Å². The number of hydrogen-bond acceptors (Lipinski definition) is 3. The summed E-state index contributed by atoms with van der Waals surface area (Å²) in [6.07, 6.45) is 1.81. The van der Waals surface area contributed by atoms with Crippen LogP contribution in [0.15, 0.2) is 12.2 Å². The smallest absolute Gasteiger partial charge is 0.120 e. The Balaban J connectivity index is 0.000000845. The fourth-order valence-electron chi connectivity index (χ4n) is 2.04. The molecule has 13 heavy (non-hydrogen) atoms. The van der Waals surface area contributed by atoms with E-state index in [1.54, 1.807) is 0 Å². The van der Waals surface area contributed by atoms with Crippen LogP contribution in [-0.2, 0) is 4.74 Å². The minimum absolute atomic E-state index is 0. The average molecular weight is 397 g/mol. The third-order valence-corrected chi connectivity index (χ3v) is 2.90. The summed E-state index contributed by atoms with van der Waals surface area (Å²) >= 11 is 0. The second kappa shape index (κ2) is 4.28. The van der Waals surface area contributed by atoms with Gasteiger partial charge in [0.25, 0.3) is 0 Å². The van der Waals surface area contributed by atoms with E-state index in [2.05, 4.69) is 6.58 Å². The summed E-state index contributed by atoms with van der Waals surface area (Å²) in [6, 6.07) is 0. The Morgan fingerprint density at radius 3 is 2.85 bits per heavy atom. The van der Waals surface area contributed by atoms with Crippen LogP contribution in [0.4, 0.5) is 0 Å². The molecule has 71 valence electrons. The number of rotatable bonds is 1. The van der Waals surface area contributed by atoms with Gasteiger partial charge >= 0.3 is 0 Å². The molecule has 0 aromatic heterocycles. The van der Waals surface area contributed by atoms with Crippen LogP contribution < -0.4 is 0 Å². The molecule has 2 aliphatic rings. The number of hydrogen-bond donors (Lipinski definition) is 2. The van der Waals surface area contributed by atoms with Crippen molar-refractivity contribution < 1.29 is 59.0 Å². The molecule has 0 aromatic rings. The Morgan fingerprint density at radius 1 is 1.62 bits per heavy atom. The van der Waals surface area contributed by atoms with E-state index in [0.717, 1.165) is 18.4 Å². The van der Waals surface area contributed by atoms with E-state index in [4.69, 9.17) is 9.84 Å². The Hall–Kier alpha value is 1.06. The van der Waals surface area contributed by atoms with Crippen molar-refractivity contribution in [2.75, 3.05) is 6.61 Å². The van der Waals surface area contributed by atoms with Crippen LogP contribution in [0.25, 0.3) is 0 Å². The van der Waals surface area contributed by atoms with Crippen LogP contribution in [0.5, 0.6) is 0 Å². The van der Waals surface area contributed by atoms with Crippen LogP contribution in [-0.4, -0.2) is 34.6 Å². The SMILES string of the molecule is C=C1CCC(O)CC12OC2CO.[Ac]. The zero-order chi connectivity index (χ0) is 8.77. The Labute approximate surface area is 114 Å². The molecule has 4 heteroatoms. The largest absolute Gasteiger partial charge is 0.394 e. The molecule has 1 aliphatic heterocycles. The molecule has 3 unspecified atom stereocenters. The summed E-state index contributed by atoms with van der Waals surface area (Å²) < 4.78 is 5.37. The molecule has 2 N–H and O–H groups in total. The van der Waals surface area contributed by atoms with Crippen molar-refractivity contribution in [2.45, 2.75) is 37.1 Å². The third kappa shape index (κ3) is 2.03. The summed E-state index contributed by atoms with van der Waals surface area (Å²) in [5, 5.41) is 18.3. The van der Waals surface area contributed by atoms with Crippen molar-refractivity contribution in [3.8, 4) is 0 Å². The van der Waals surface area contributed by atoms with Gasteiger partial charge in [0.15, 0.2) is 0 Å². The number of aliphatic hydroxyl groups excluding tert-OH is 2. The molecule has 1 saturated carbocycles. The Bertz CT molecular complexity index is 219. The van der Waals surface area contributed by atoms with Gasteiger partial charge in [-0.15, -0.1) is 0 Å². The van der Waals surface area contributed by atoms with Crippen LogP contribution in [0, 0.1) is 44.1 Å². The topological polar surface area (TPSA) is 53.0 Å². The molecule has 0 aromatic carbocycles. The molecule has 1 saturated heterocycles. The van der Waals surface area contributed by atoms with Crippen molar-refractivity contribution in [3.63, 3.8) is 0 Å². The quantitative estimate of drug-likeness (QED) is 0.492. The molecule has 2 rings (SSSR count). The molecule has 1 heterocycles. The molecule has 3 atom stereocenters. The zero-order valence-corrected chi connectivity index (χ0v) is 12.3. The summed E-state index contributed by atoms with van der Waals surface area (Å²) in [5.41, 5.74) is 0.665. The molecule has 0 bridgehead atoms. The van der Waals surface area contributed by atoms with Gasteiger partial charge in [-0.25, -0.2) is 0 Å². The third-order valence-electron chi connectivity index (χ3n) is 2.90. The van der Waals surface area contributed by atoms with E-state index in [9.17, 15) is 5.11 Å². The predicted octanol–water partition coefficient (Wildman–Crippen LogP) is 0.217. The Kier molecular flexibility index (Phi) is 4.00. The van der Waals surface area contributed by atoms with Gasteiger partial charge in [0, 0.05) is 50.5 Å². The minimum Gasteiger partial charge on any atom is -0.394 e. The normalized spacial score (nSPS) is 43.1. The van der Waals surface area contributed by atoms with E-state index >= 15 is 0 Å². The maximum atomic E-state index is 9.41. The van der Waals surface area contributed by atoms with Gasteiger partial charge < -0.3 is 14.9 Å². The molecule has 1 aliphatic carbocycles. The first-order valence-corrected chi connectivity index (χ1v) is 4.34. The standard InChI is InChI=1S/C9H14O3.Ac/c1-6-2-3-7(11)4-9(6)8(5-10)12-9;/h7-8,10-11H,1-5H2;. The van der Waals surface area contributed by atoms with Crippen LogP contribution in [0.3, 0.4) is 0 Å². The molecular formula is C9H14AcO3. The van der Waals surface area contributed by atoms with E-state index < -0.39 is 0 Å². The number of ether oxygens (including phenoxy) is 1. The van der Waals surface area contributed by atoms with Crippen molar-refractivity contribution in [3.05, 3.63) is 12.2 Å². The molecule has 1 spiro atoms. The van der Waals surface area contributed by atoms with Crippen LogP contribution >= 0.6 is 0 Å². The summed E-state index contributed by atoms with van der Waals surface area (Å²) in [6.45, 7) is 3.95. The fourth-order valence-corrected chi connectivity index (χ4v) is 2.04. The second-order valence-corrected chi connectivity index (χ2v) is 3.68. The zero-order valence-electron chi connectivity index (χ0n) is 7.57. The maximum absolute atomic E-state index is 9.41. The minimum atomic E-state index is -0.369. The van der Waals surface area contributed by atoms with Crippen LogP contribution in [0.1, 0.15) is 19.3 Å². The van der Waals surface area contributed by atoms with E-state index in [0.29, 0.717) is 6.42 Å². The second-order valence-electron chi connectivity index (χ2n) is 3.68. The summed E-state index contributed by atoms with van der Waals surface area (Å²) in [4.78, 5) is 0. The molecular weight excluding hydrogens is 383 g/mol. The number of aliphatic hydroxyl groups is 2. The van der Waals surface area contributed by atoms with Crippen LogP contribution in [0.2, 0.25) is 0 Å². The van der Waals surface area contributed by atoms with Gasteiger partial charge in [0.2, 0.25) is 0 Å². The first-order chi connectivity index (χ1) is 5.69. The van der Waals surface area contributed by atoms with E-state index in [1.165, 1.54) is 0 Å². The van der Waals surface area contributed by atoms with Gasteiger partial charge in [-0.05, 0) is 18.4 Å². The average Bonchev–Trinajstić information content (AvgIpc) is 2.73. The van der Waals surface area contributed by atoms with Gasteiger partial charge in [-0.3, -0.25) is 0 Å². The predicted molar refractivity (Wildman–Crippen MR) is 43.7 cm³/mol. The van der Waals surface area contributed by atoms with Crippen molar-refractivity contribution in [1.82, 2.24) is 0 Å². The summed E-state index contributed by atoms with van der Waals surface area (Å²) in [7, 11) is 0. The summed E-state index contributed by atoms with van der Waals surface area (Å²) in [5.74, 6) is 0. The van der Waals surface area contributed by atoms with Gasteiger partial charge in [-0.1, -0.05) is 6.58 Å². The first-order valence-electron chi connectivity index (χ1n) is 4.34. The van der Waals surface area contributed by atoms with E-state index in [-0.39, 0.29) is 68.5 Å². The molecule has 2 fully saturated rings. The van der Waals surface area contributed by atoms with Gasteiger partial charge in [0.1, 0.15) is 11.7 Å². The molecule has 1 radical (unpaired) electrons. The van der Waals surface area contributed by atoms with Crippen molar-refractivity contribution in [2.24, 2.45) is 0 Å². The maximum Gasteiger partial charge on any atom is 0.120 e. The Morgan fingerprint density at radius 2 is 2.31 bits per heavy atom. The molecule has 3 nitrogen and oxygen atoms in total. The van der Waals surface area contributed by atoms with Gasteiger partial charge in [-0.2, -0.15) is 0 Å². The van der Waals surface area contributed by atoms with Gasteiger partial charge in [0.05, 0.1) is 12.7 Å². The fraction of sp³-hybridized carbons (Fsp3) is 0.778. The monoisotopic (exact) mass is 397 g/mol. The van der Waals surface area contributed by atoms with Crippen molar-refractivity contribution >= 4 is 0 Å². The van der Waals surface area contributed by atoms with Crippen molar-refractivity contribution in [1.29, 1.82) is 0 Å². The molecule has 0 amide bonds. The first kappa shape index (κ1) is 12.1. The number of epoxide rings is 1.